The van der Waals surface area contributed by atoms with Crippen LogP contribution in [0.2, 0.25) is 0 Å². The van der Waals surface area contributed by atoms with Gasteiger partial charge in [0.05, 0.1) is 0 Å². The van der Waals surface area contributed by atoms with Gasteiger partial charge in [-0.1, -0.05) is 0 Å². The van der Waals surface area contributed by atoms with Crippen molar-refractivity contribution in [2.24, 2.45) is 5.73 Å². The maximum Gasteiger partial charge on any atom is 0.330 e. The molecule has 0 aliphatic heterocycles. The Kier molecular flexibility index (Phi) is 6.03. The van der Waals surface area contributed by atoms with Crippen molar-refractivity contribution in [2.45, 2.75) is 25.8 Å². The van der Waals surface area contributed by atoms with E-state index in [4.69, 9.17) is 10.9 Å². The van der Waals surface area contributed by atoms with Gasteiger partial charge in [-0.2, -0.15) is 0 Å². The first kappa shape index (κ1) is 12.0. The number of ether oxygens (including phenoxy) is 1. The second-order valence-corrected chi connectivity index (χ2v) is 2.57. The van der Waals surface area contributed by atoms with Crippen molar-refractivity contribution in [3.63, 3.8) is 0 Å². The van der Waals surface area contributed by atoms with Crippen molar-refractivity contribution in [3.05, 3.63) is 0 Å². The summed E-state index contributed by atoms with van der Waals surface area (Å²) in [5.41, 5.74) is 7.30. The molecule has 6 nitrogen and oxygen atoms in total. The summed E-state index contributed by atoms with van der Waals surface area (Å²) in [5.74, 6) is -1.40. The molecular weight excluding hydrogens is 176 g/mol. The van der Waals surface area contributed by atoms with Gasteiger partial charge in [-0.05, 0) is 12.8 Å². The fraction of sp³-hybridized carbons (Fsp3) is 0.714. The van der Waals surface area contributed by atoms with Crippen molar-refractivity contribution in [1.29, 1.82) is 0 Å². The van der Waals surface area contributed by atoms with Crippen molar-refractivity contribution >= 4 is 11.9 Å². The number of esters is 2. The van der Waals surface area contributed by atoms with Gasteiger partial charge in [-0.25, -0.2) is 10.3 Å². The van der Waals surface area contributed by atoms with Crippen LogP contribution >= 0.6 is 0 Å². The molecule has 0 rings (SSSR count). The van der Waals surface area contributed by atoms with Gasteiger partial charge in [0.15, 0.2) is 0 Å². The minimum absolute atomic E-state index is 0.348. The first-order valence-electron chi connectivity index (χ1n) is 3.92. The SMILES string of the molecule is CC(=O)OC(=O)[C@@H](N)CCCNO. The molecule has 0 bridgehead atoms. The Morgan fingerprint density at radius 3 is 2.69 bits per heavy atom. The van der Waals surface area contributed by atoms with E-state index in [1.165, 1.54) is 0 Å². The highest BCUT2D eigenvalue weighted by molar-refractivity contribution is 5.87. The maximum absolute atomic E-state index is 10.9. The number of nitrogens with two attached hydrogens (primary N) is 1. The lowest BCUT2D eigenvalue weighted by Gasteiger charge is -2.08. The predicted molar refractivity (Wildman–Crippen MR) is 43.8 cm³/mol. The molecule has 6 heteroatoms. The molecule has 0 saturated heterocycles. The number of hydrogen-bond acceptors (Lipinski definition) is 6. The molecule has 13 heavy (non-hydrogen) atoms. The van der Waals surface area contributed by atoms with E-state index < -0.39 is 18.0 Å². The van der Waals surface area contributed by atoms with Crippen LogP contribution in [0.15, 0.2) is 0 Å². The highest BCUT2D eigenvalue weighted by Gasteiger charge is 2.15. The summed E-state index contributed by atoms with van der Waals surface area (Å²) >= 11 is 0. The van der Waals surface area contributed by atoms with Crippen LogP contribution in [0.3, 0.4) is 0 Å². The lowest BCUT2D eigenvalue weighted by Crippen LogP contribution is -2.33. The molecule has 0 aliphatic carbocycles. The first-order valence-corrected chi connectivity index (χ1v) is 3.92. The van der Waals surface area contributed by atoms with Crippen LogP contribution in [0.4, 0.5) is 0 Å². The smallest absolute Gasteiger partial charge is 0.330 e. The van der Waals surface area contributed by atoms with E-state index in [2.05, 4.69) is 4.74 Å². The number of rotatable bonds is 5. The molecule has 0 heterocycles. The molecule has 0 unspecified atom stereocenters. The van der Waals surface area contributed by atoms with Crippen LogP contribution in [0.5, 0.6) is 0 Å². The lowest BCUT2D eigenvalue weighted by molar-refractivity contribution is -0.159. The second kappa shape index (κ2) is 6.53. The average Bonchev–Trinajstić information content (AvgIpc) is 2.03. The van der Waals surface area contributed by atoms with E-state index in [1.807, 2.05) is 5.48 Å². The topological polar surface area (TPSA) is 102 Å². The van der Waals surface area contributed by atoms with E-state index >= 15 is 0 Å². The molecule has 0 spiro atoms. The van der Waals surface area contributed by atoms with Gasteiger partial charge in [0.25, 0.3) is 0 Å². The summed E-state index contributed by atoms with van der Waals surface area (Å²) in [5, 5.41) is 8.20. The van der Waals surface area contributed by atoms with Crippen molar-refractivity contribution in [1.82, 2.24) is 5.48 Å². The number of carbonyl (C=O) groups is 2. The van der Waals surface area contributed by atoms with E-state index in [9.17, 15) is 9.59 Å². The summed E-state index contributed by atoms with van der Waals surface area (Å²) in [6.07, 6.45) is 0.893. The summed E-state index contributed by atoms with van der Waals surface area (Å²) in [6.45, 7) is 1.49. The zero-order valence-electron chi connectivity index (χ0n) is 7.45. The number of hydroxylamine groups is 1. The standard InChI is InChI=1S/C7H14N2O4/c1-5(10)13-7(11)6(8)3-2-4-9-12/h6,9,12H,2-4,8H2,1H3/t6-/m0/s1. The number of carbonyl (C=O) groups excluding carboxylic acids is 2. The van der Waals surface area contributed by atoms with Gasteiger partial charge < -0.3 is 15.7 Å². The molecule has 1 atom stereocenters. The Morgan fingerprint density at radius 2 is 2.23 bits per heavy atom. The van der Waals surface area contributed by atoms with E-state index in [0.29, 0.717) is 19.4 Å². The summed E-state index contributed by atoms with van der Waals surface area (Å²) in [6, 6.07) is -0.808. The van der Waals surface area contributed by atoms with Crippen molar-refractivity contribution < 1.29 is 19.5 Å². The highest BCUT2D eigenvalue weighted by atomic mass is 16.6. The molecule has 0 aromatic carbocycles. The third-order valence-corrected chi connectivity index (χ3v) is 1.35. The third kappa shape index (κ3) is 6.21. The molecular formula is C7H14N2O4. The largest absolute Gasteiger partial charge is 0.392 e. The fourth-order valence-corrected chi connectivity index (χ4v) is 0.736. The van der Waals surface area contributed by atoms with Gasteiger partial charge in [0.1, 0.15) is 6.04 Å². The van der Waals surface area contributed by atoms with Gasteiger partial charge in [0.2, 0.25) is 0 Å². The van der Waals surface area contributed by atoms with E-state index in [-0.39, 0.29) is 0 Å². The highest BCUT2D eigenvalue weighted by Crippen LogP contribution is 1.96. The lowest BCUT2D eigenvalue weighted by atomic mass is 10.2. The molecule has 0 saturated carbocycles. The predicted octanol–water partition coefficient (Wildman–Crippen LogP) is -0.838. The molecule has 4 N–H and O–H groups in total. The molecule has 76 valence electrons. The normalized spacial score (nSPS) is 12.2. The molecule has 0 aromatic rings. The molecule has 0 aliphatic rings. The molecule has 0 aromatic heterocycles. The summed E-state index contributed by atoms with van der Waals surface area (Å²) < 4.78 is 4.26. The Labute approximate surface area is 76.0 Å². The van der Waals surface area contributed by atoms with Crippen molar-refractivity contribution in [3.8, 4) is 0 Å². The van der Waals surface area contributed by atoms with Gasteiger partial charge >= 0.3 is 11.9 Å². The Hall–Kier alpha value is -0.980. The fourth-order valence-electron chi connectivity index (χ4n) is 0.736. The second-order valence-electron chi connectivity index (χ2n) is 2.57. The Morgan fingerprint density at radius 1 is 1.62 bits per heavy atom. The van der Waals surface area contributed by atoms with E-state index in [1.54, 1.807) is 0 Å². The Balaban J connectivity index is 3.63. The van der Waals surface area contributed by atoms with Crippen LogP contribution in [-0.4, -0.2) is 29.7 Å². The summed E-state index contributed by atoms with van der Waals surface area (Å²) in [7, 11) is 0. The molecule has 0 amide bonds. The van der Waals surface area contributed by atoms with Gasteiger partial charge in [-0.3, -0.25) is 4.79 Å². The average molecular weight is 190 g/mol. The third-order valence-electron chi connectivity index (χ3n) is 1.35. The molecule has 0 radical (unpaired) electrons. The monoisotopic (exact) mass is 190 g/mol. The van der Waals surface area contributed by atoms with Crippen LogP contribution < -0.4 is 11.2 Å². The van der Waals surface area contributed by atoms with Crippen LogP contribution in [0.1, 0.15) is 19.8 Å². The van der Waals surface area contributed by atoms with Crippen molar-refractivity contribution in [2.75, 3.05) is 6.54 Å². The quantitative estimate of drug-likeness (QED) is 0.226. The van der Waals surface area contributed by atoms with Gasteiger partial charge in [-0.15, -0.1) is 0 Å². The number of nitrogens with one attached hydrogen (secondary N) is 1. The number of hydrogen-bond donors (Lipinski definition) is 3. The Bertz CT molecular complexity index is 183. The van der Waals surface area contributed by atoms with Gasteiger partial charge in [0, 0.05) is 13.5 Å². The van der Waals surface area contributed by atoms with Crippen LogP contribution in [-0.2, 0) is 14.3 Å². The first-order chi connectivity index (χ1) is 6.07. The minimum atomic E-state index is -0.808. The maximum atomic E-state index is 10.9. The van der Waals surface area contributed by atoms with Crippen LogP contribution in [0.25, 0.3) is 0 Å². The zero-order chi connectivity index (χ0) is 10.3. The minimum Gasteiger partial charge on any atom is -0.392 e. The zero-order valence-corrected chi connectivity index (χ0v) is 7.45. The molecule has 0 fully saturated rings. The van der Waals surface area contributed by atoms with E-state index in [0.717, 1.165) is 6.92 Å². The van der Waals surface area contributed by atoms with Crippen LogP contribution in [0, 0.1) is 0 Å². The summed E-state index contributed by atoms with van der Waals surface area (Å²) in [4.78, 5) is 21.2.